The molecule has 3 nitrogen and oxygen atoms in total. The monoisotopic (exact) mass is 145 g/mol. The molecule has 0 saturated carbocycles. The molecule has 1 N–H and O–H groups in total. The van der Waals surface area contributed by atoms with E-state index < -0.39 is 0 Å². The van der Waals surface area contributed by atoms with E-state index in [9.17, 15) is 0 Å². The van der Waals surface area contributed by atoms with Gasteiger partial charge < -0.3 is 14.4 Å². The first-order chi connectivity index (χ1) is 4.81. The van der Waals surface area contributed by atoms with Crippen LogP contribution in [0.1, 0.15) is 20.3 Å². The molecule has 0 aromatic carbocycles. The highest BCUT2D eigenvalue weighted by Crippen LogP contribution is 1.94. The first-order valence-electron chi connectivity index (χ1n) is 3.50. The molecule has 0 aliphatic rings. The Morgan fingerprint density at radius 3 is 2.70 bits per heavy atom. The summed E-state index contributed by atoms with van der Waals surface area (Å²) in [5.41, 5.74) is 0. The lowest BCUT2D eigenvalue weighted by atomic mass is 10.3. The van der Waals surface area contributed by atoms with Gasteiger partial charge in [0.25, 0.3) is 0 Å². The lowest BCUT2D eigenvalue weighted by molar-refractivity contribution is 0.0406. The molecule has 0 aliphatic carbocycles. The third-order valence-electron chi connectivity index (χ3n) is 1.25. The van der Waals surface area contributed by atoms with E-state index in [2.05, 4.69) is 11.6 Å². The second-order valence-electron chi connectivity index (χ2n) is 2.07. The molecule has 0 spiro atoms. The Labute approximate surface area is 62.6 Å². The average Bonchev–Trinajstić information content (AvgIpc) is 1.98. The Morgan fingerprint density at radius 1 is 1.50 bits per heavy atom. The largest absolute Gasteiger partial charge is 0.485 e. The van der Waals surface area contributed by atoms with Gasteiger partial charge in [-0.3, -0.25) is 0 Å². The van der Waals surface area contributed by atoms with E-state index in [-0.39, 0.29) is 6.10 Å². The van der Waals surface area contributed by atoms with E-state index in [1.54, 1.807) is 0 Å². The topological polar surface area (TPSA) is 38.7 Å². The highest BCUT2D eigenvalue weighted by atomic mass is 16.5. The minimum absolute atomic E-state index is 0.280. The van der Waals surface area contributed by atoms with Crippen molar-refractivity contribution in [3.8, 4) is 0 Å². The second-order valence-corrected chi connectivity index (χ2v) is 2.07. The zero-order valence-electron chi connectivity index (χ0n) is 6.54. The van der Waals surface area contributed by atoms with Crippen LogP contribution in [0.3, 0.4) is 0 Å². The smallest absolute Gasteiger partial charge is 0.429 e. The Morgan fingerprint density at radius 2 is 2.20 bits per heavy atom. The van der Waals surface area contributed by atoms with Crippen LogP contribution in [0.15, 0.2) is 0 Å². The van der Waals surface area contributed by atoms with Crippen LogP contribution in [0, 0.1) is 0 Å². The molecule has 1 atom stereocenters. The first-order valence-corrected chi connectivity index (χ1v) is 3.50. The Bertz CT molecular complexity index is 70.0. The summed E-state index contributed by atoms with van der Waals surface area (Å²) in [5.74, 6) is 0. The van der Waals surface area contributed by atoms with Crippen molar-refractivity contribution in [1.82, 2.24) is 0 Å². The van der Waals surface area contributed by atoms with Gasteiger partial charge in [0.1, 0.15) is 0 Å². The molecule has 0 aliphatic heterocycles. The van der Waals surface area contributed by atoms with E-state index >= 15 is 0 Å². The SMILES string of the molecule is CCC(C)OCCO[B]O. The van der Waals surface area contributed by atoms with Crippen molar-refractivity contribution in [3.63, 3.8) is 0 Å². The number of hydrogen-bond acceptors (Lipinski definition) is 3. The Kier molecular flexibility index (Phi) is 7.02. The Hall–Kier alpha value is -0.0551. The molecule has 1 radical (unpaired) electrons. The van der Waals surface area contributed by atoms with Crippen LogP contribution >= 0.6 is 0 Å². The van der Waals surface area contributed by atoms with Gasteiger partial charge in [-0.2, -0.15) is 0 Å². The maximum Gasteiger partial charge on any atom is 0.485 e. The van der Waals surface area contributed by atoms with Crippen LogP contribution < -0.4 is 0 Å². The van der Waals surface area contributed by atoms with Crippen molar-refractivity contribution in [3.05, 3.63) is 0 Å². The van der Waals surface area contributed by atoms with E-state index in [4.69, 9.17) is 9.76 Å². The molecule has 59 valence electrons. The molecule has 0 rings (SSSR count). The molecule has 0 heterocycles. The van der Waals surface area contributed by atoms with Gasteiger partial charge in [0, 0.05) is 0 Å². The summed E-state index contributed by atoms with van der Waals surface area (Å²) in [7, 11) is 0.681. The summed E-state index contributed by atoms with van der Waals surface area (Å²) in [5, 5.41) is 8.09. The fraction of sp³-hybridized carbons (Fsp3) is 1.00. The lowest BCUT2D eigenvalue weighted by Crippen LogP contribution is -2.12. The normalized spacial score (nSPS) is 13.1. The molecular weight excluding hydrogens is 131 g/mol. The molecule has 1 unspecified atom stereocenters. The zero-order chi connectivity index (χ0) is 7.82. The fourth-order valence-electron chi connectivity index (χ4n) is 0.468. The fourth-order valence-corrected chi connectivity index (χ4v) is 0.468. The van der Waals surface area contributed by atoms with Crippen LogP contribution in [-0.2, 0) is 9.39 Å². The molecular formula is C6H14BO3. The number of rotatable bonds is 6. The third kappa shape index (κ3) is 6.07. The molecule has 4 heteroatoms. The van der Waals surface area contributed by atoms with Gasteiger partial charge in [-0.15, -0.1) is 0 Å². The van der Waals surface area contributed by atoms with Gasteiger partial charge in [0.15, 0.2) is 0 Å². The summed E-state index contributed by atoms with van der Waals surface area (Å²) in [6.07, 6.45) is 1.28. The minimum Gasteiger partial charge on any atom is -0.429 e. The van der Waals surface area contributed by atoms with Gasteiger partial charge in [-0.1, -0.05) is 6.92 Å². The van der Waals surface area contributed by atoms with E-state index in [0.29, 0.717) is 20.9 Å². The van der Waals surface area contributed by atoms with Gasteiger partial charge in [0.2, 0.25) is 0 Å². The summed E-state index contributed by atoms with van der Waals surface area (Å²) < 4.78 is 9.77. The molecule has 0 bridgehead atoms. The van der Waals surface area contributed by atoms with Crippen molar-refractivity contribution in [2.45, 2.75) is 26.4 Å². The van der Waals surface area contributed by atoms with Crippen molar-refractivity contribution < 1.29 is 14.4 Å². The summed E-state index contributed by atoms with van der Waals surface area (Å²) in [6.45, 7) is 5.01. The maximum atomic E-state index is 8.09. The average molecular weight is 145 g/mol. The van der Waals surface area contributed by atoms with Crippen LogP contribution in [0.2, 0.25) is 0 Å². The highest BCUT2D eigenvalue weighted by molar-refractivity contribution is 6.15. The summed E-state index contributed by atoms with van der Waals surface area (Å²) in [6, 6.07) is 0. The van der Waals surface area contributed by atoms with Crippen molar-refractivity contribution in [2.24, 2.45) is 0 Å². The first kappa shape index (κ1) is 9.94. The van der Waals surface area contributed by atoms with Gasteiger partial charge >= 0.3 is 7.69 Å². The Balaban J connectivity index is 2.89. The highest BCUT2D eigenvalue weighted by Gasteiger charge is 1.96. The van der Waals surface area contributed by atoms with Crippen molar-refractivity contribution >= 4 is 7.69 Å². The predicted octanol–water partition coefficient (Wildman–Crippen LogP) is 0.345. The standard InChI is InChI=1S/C6H14BO3/c1-3-6(2)9-4-5-10-7-8/h6,8H,3-5H2,1-2H3. The lowest BCUT2D eigenvalue weighted by Gasteiger charge is -2.09. The molecule has 0 amide bonds. The van der Waals surface area contributed by atoms with E-state index in [1.807, 2.05) is 6.92 Å². The maximum absolute atomic E-state index is 8.09. The molecule has 0 aromatic rings. The van der Waals surface area contributed by atoms with Crippen LogP contribution in [0.5, 0.6) is 0 Å². The second kappa shape index (κ2) is 7.06. The number of ether oxygens (including phenoxy) is 1. The number of hydrogen-bond donors (Lipinski definition) is 1. The minimum atomic E-state index is 0.280. The van der Waals surface area contributed by atoms with E-state index in [1.165, 1.54) is 0 Å². The van der Waals surface area contributed by atoms with E-state index in [0.717, 1.165) is 6.42 Å². The summed E-state index contributed by atoms with van der Waals surface area (Å²) in [4.78, 5) is 0. The zero-order valence-corrected chi connectivity index (χ0v) is 6.54. The quantitative estimate of drug-likeness (QED) is 0.432. The van der Waals surface area contributed by atoms with Gasteiger partial charge in [-0.05, 0) is 13.3 Å². The van der Waals surface area contributed by atoms with Gasteiger partial charge in [-0.25, -0.2) is 0 Å². The molecule has 0 aromatic heterocycles. The molecule has 10 heavy (non-hydrogen) atoms. The van der Waals surface area contributed by atoms with Crippen molar-refractivity contribution in [1.29, 1.82) is 0 Å². The summed E-state index contributed by atoms with van der Waals surface area (Å²) >= 11 is 0. The van der Waals surface area contributed by atoms with Crippen LogP contribution in [0.25, 0.3) is 0 Å². The van der Waals surface area contributed by atoms with Crippen LogP contribution in [0.4, 0.5) is 0 Å². The molecule has 0 saturated heterocycles. The van der Waals surface area contributed by atoms with Gasteiger partial charge in [0.05, 0.1) is 19.3 Å². The third-order valence-corrected chi connectivity index (χ3v) is 1.25. The van der Waals surface area contributed by atoms with Crippen molar-refractivity contribution in [2.75, 3.05) is 13.2 Å². The molecule has 0 fully saturated rings. The van der Waals surface area contributed by atoms with Crippen LogP contribution in [-0.4, -0.2) is 32.0 Å². The predicted molar refractivity (Wildman–Crippen MR) is 39.6 cm³/mol.